The van der Waals surface area contributed by atoms with Crippen LogP contribution in [0.2, 0.25) is 0 Å². The van der Waals surface area contributed by atoms with E-state index in [9.17, 15) is 0 Å². The van der Waals surface area contributed by atoms with Crippen molar-refractivity contribution in [3.8, 4) is 56.7 Å². The van der Waals surface area contributed by atoms with Gasteiger partial charge in [0.25, 0.3) is 0 Å². The average molecular weight is 604 g/mol. The second-order valence-electron chi connectivity index (χ2n) is 11.4. The number of fused-ring (bicyclic) bond motifs is 4. The molecule has 0 fully saturated rings. The van der Waals surface area contributed by atoms with Gasteiger partial charge in [0.05, 0.1) is 23.1 Å². The number of para-hydroxylation sites is 2. The van der Waals surface area contributed by atoms with Crippen molar-refractivity contribution in [2.24, 2.45) is 0 Å². The molecule has 0 aliphatic heterocycles. The first-order valence-electron chi connectivity index (χ1n) is 15.4. The van der Waals surface area contributed by atoms with Crippen LogP contribution in [0.1, 0.15) is 0 Å². The second kappa shape index (κ2) is 11.1. The molecule has 5 aromatic carbocycles. The van der Waals surface area contributed by atoms with E-state index in [2.05, 4.69) is 48.5 Å². The summed E-state index contributed by atoms with van der Waals surface area (Å²) < 4.78 is 6.01. The number of pyridine rings is 2. The molecule has 4 aromatic heterocycles. The highest BCUT2D eigenvalue weighted by Crippen LogP contribution is 2.34. The van der Waals surface area contributed by atoms with Crippen LogP contribution >= 0.6 is 0 Å². The molecule has 9 aromatic rings. The van der Waals surface area contributed by atoms with Gasteiger partial charge in [0.2, 0.25) is 0 Å². The van der Waals surface area contributed by atoms with E-state index >= 15 is 0 Å². The normalized spacial score (nSPS) is 11.4. The van der Waals surface area contributed by atoms with Crippen molar-refractivity contribution in [2.45, 2.75) is 0 Å². The Labute approximate surface area is 270 Å². The van der Waals surface area contributed by atoms with Crippen molar-refractivity contribution >= 4 is 32.8 Å². The van der Waals surface area contributed by atoms with Crippen LogP contribution in [0.5, 0.6) is 0 Å². The molecule has 0 N–H and O–H groups in total. The highest BCUT2D eigenvalue weighted by Gasteiger charge is 2.15. The Hall–Kier alpha value is -6.53. The van der Waals surface area contributed by atoms with Gasteiger partial charge in [-0.05, 0) is 29.8 Å². The molecule has 0 bridgehead atoms. The van der Waals surface area contributed by atoms with Gasteiger partial charge in [-0.15, -0.1) is 0 Å². The number of aromatic nitrogens is 5. The van der Waals surface area contributed by atoms with Gasteiger partial charge in [0.15, 0.2) is 23.1 Å². The molecule has 220 valence electrons. The van der Waals surface area contributed by atoms with Crippen molar-refractivity contribution < 1.29 is 4.42 Å². The Morgan fingerprint density at radius 3 is 1.81 bits per heavy atom. The maximum atomic E-state index is 6.01. The molecule has 0 amide bonds. The topological polar surface area (TPSA) is 77.6 Å². The molecule has 0 saturated carbocycles. The molecule has 0 unspecified atom stereocenters. The van der Waals surface area contributed by atoms with E-state index in [-0.39, 0.29) is 0 Å². The van der Waals surface area contributed by atoms with Crippen LogP contribution in [0.25, 0.3) is 89.5 Å². The highest BCUT2D eigenvalue weighted by molar-refractivity contribution is 6.05. The standard InChI is InChI=1S/C41H25N5O/c1-3-11-27(12-4-1)39-44-40(28-13-5-2-6-14-28)46-41(45-39)30-17-9-16-29(23-30)31-19-10-15-26-21-22-34(43-38(26)31)35-24-33-32-18-7-8-20-36(32)47-37(33)25-42-35/h1-25H. The van der Waals surface area contributed by atoms with Crippen LogP contribution in [0, 0.1) is 0 Å². The molecule has 0 aliphatic carbocycles. The van der Waals surface area contributed by atoms with E-state index in [0.717, 1.165) is 72.0 Å². The number of benzene rings is 5. The maximum Gasteiger partial charge on any atom is 0.164 e. The third kappa shape index (κ3) is 4.89. The lowest BCUT2D eigenvalue weighted by atomic mass is 9.99. The summed E-state index contributed by atoms with van der Waals surface area (Å²) in [5, 5.41) is 3.13. The number of hydrogen-bond acceptors (Lipinski definition) is 6. The third-order valence-electron chi connectivity index (χ3n) is 8.38. The predicted octanol–water partition coefficient (Wildman–Crippen LogP) is 10.0. The summed E-state index contributed by atoms with van der Waals surface area (Å²) in [5.41, 5.74) is 8.89. The molecule has 6 nitrogen and oxygen atoms in total. The van der Waals surface area contributed by atoms with Crippen LogP contribution < -0.4 is 0 Å². The number of rotatable bonds is 5. The van der Waals surface area contributed by atoms with Crippen molar-refractivity contribution in [3.05, 3.63) is 152 Å². The molecule has 0 aliphatic rings. The summed E-state index contributed by atoms with van der Waals surface area (Å²) >= 11 is 0. The van der Waals surface area contributed by atoms with Gasteiger partial charge >= 0.3 is 0 Å². The zero-order chi connectivity index (χ0) is 31.2. The number of furan rings is 1. The largest absolute Gasteiger partial charge is 0.454 e. The van der Waals surface area contributed by atoms with Gasteiger partial charge < -0.3 is 4.42 Å². The fraction of sp³-hybridized carbons (Fsp3) is 0. The van der Waals surface area contributed by atoms with Crippen LogP contribution in [-0.4, -0.2) is 24.9 Å². The van der Waals surface area contributed by atoms with Crippen molar-refractivity contribution in [1.29, 1.82) is 0 Å². The van der Waals surface area contributed by atoms with Crippen molar-refractivity contribution in [3.63, 3.8) is 0 Å². The van der Waals surface area contributed by atoms with Gasteiger partial charge in [-0.1, -0.05) is 121 Å². The zero-order valence-electron chi connectivity index (χ0n) is 25.1. The van der Waals surface area contributed by atoms with Gasteiger partial charge in [0, 0.05) is 38.4 Å². The van der Waals surface area contributed by atoms with Gasteiger partial charge in [-0.25, -0.2) is 19.9 Å². The molecule has 0 saturated heterocycles. The Bertz CT molecular complexity index is 2520. The minimum absolute atomic E-state index is 0.610. The summed E-state index contributed by atoms with van der Waals surface area (Å²) in [6, 6.07) is 48.9. The van der Waals surface area contributed by atoms with Crippen LogP contribution in [0.15, 0.2) is 156 Å². The van der Waals surface area contributed by atoms with E-state index in [1.54, 1.807) is 6.20 Å². The van der Waals surface area contributed by atoms with Gasteiger partial charge in [-0.3, -0.25) is 4.98 Å². The average Bonchev–Trinajstić information content (AvgIpc) is 3.53. The summed E-state index contributed by atoms with van der Waals surface area (Å²) in [5.74, 6) is 1.87. The summed E-state index contributed by atoms with van der Waals surface area (Å²) in [6.07, 6.45) is 1.79. The van der Waals surface area contributed by atoms with Crippen molar-refractivity contribution in [1.82, 2.24) is 24.9 Å². The predicted molar refractivity (Wildman–Crippen MR) is 187 cm³/mol. The fourth-order valence-corrected chi connectivity index (χ4v) is 6.06. The molecule has 6 heteroatoms. The van der Waals surface area contributed by atoms with E-state index < -0.39 is 0 Å². The molecule has 4 heterocycles. The molecule has 0 radical (unpaired) electrons. The SMILES string of the molecule is c1ccc(-c2nc(-c3ccccc3)nc(-c3cccc(-c4cccc5ccc(-c6cc7c(cn6)oc6ccccc67)nc45)c3)n2)cc1. The molecule has 9 rings (SSSR count). The molecule has 0 atom stereocenters. The van der Waals surface area contributed by atoms with Crippen molar-refractivity contribution in [2.75, 3.05) is 0 Å². The second-order valence-corrected chi connectivity index (χ2v) is 11.4. The molecule has 47 heavy (non-hydrogen) atoms. The van der Waals surface area contributed by atoms with E-state index in [0.29, 0.717) is 17.5 Å². The minimum atomic E-state index is 0.610. The molecular formula is C41H25N5O. The summed E-state index contributed by atoms with van der Waals surface area (Å²) in [6.45, 7) is 0. The first kappa shape index (κ1) is 26.8. The Balaban J connectivity index is 1.16. The highest BCUT2D eigenvalue weighted by atomic mass is 16.3. The summed E-state index contributed by atoms with van der Waals surface area (Å²) in [4.78, 5) is 24.6. The third-order valence-corrected chi connectivity index (χ3v) is 8.38. The van der Waals surface area contributed by atoms with Crippen LogP contribution in [-0.2, 0) is 0 Å². The van der Waals surface area contributed by atoms with Gasteiger partial charge in [-0.2, -0.15) is 0 Å². The molecular weight excluding hydrogens is 578 g/mol. The van der Waals surface area contributed by atoms with Crippen LogP contribution in [0.4, 0.5) is 0 Å². The zero-order valence-corrected chi connectivity index (χ0v) is 25.1. The quantitative estimate of drug-likeness (QED) is 0.195. The Morgan fingerprint density at radius 2 is 1.04 bits per heavy atom. The minimum Gasteiger partial charge on any atom is -0.454 e. The lowest BCUT2D eigenvalue weighted by Crippen LogP contribution is -2.00. The Morgan fingerprint density at radius 1 is 0.404 bits per heavy atom. The van der Waals surface area contributed by atoms with E-state index in [1.807, 2.05) is 97.1 Å². The molecule has 0 spiro atoms. The van der Waals surface area contributed by atoms with Gasteiger partial charge in [0.1, 0.15) is 5.58 Å². The Kier molecular flexibility index (Phi) is 6.35. The lowest BCUT2D eigenvalue weighted by Gasteiger charge is -2.11. The lowest BCUT2D eigenvalue weighted by molar-refractivity contribution is 0.667. The maximum absolute atomic E-state index is 6.01. The first-order chi connectivity index (χ1) is 23.3. The number of hydrogen-bond donors (Lipinski definition) is 0. The monoisotopic (exact) mass is 603 g/mol. The summed E-state index contributed by atoms with van der Waals surface area (Å²) in [7, 11) is 0. The first-order valence-corrected chi connectivity index (χ1v) is 15.4. The van der Waals surface area contributed by atoms with Crippen LogP contribution in [0.3, 0.4) is 0 Å². The fourth-order valence-electron chi connectivity index (χ4n) is 6.06. The smallest absolute Gasteiger partial charge is 0.164 e. The number of nitrogens with zero attached hydrogens (tertiary/aromatic N) is 5. The van der Waals surface area contributed by atoms with E-state index in [4.69, 9.17) is 29.3 Å². The van der Waals surface area contributed by atoms with E-state index in [1.165, 1.54) is 0 Å².